The number of nitrogens with one attached hydrogen (secondary N) is 1. The van der Waals surface area contributed by atoms with Gasteiger partial charge >= 0.3 is 0 Å². The Morgan fingerprint density at radius 2 is 2.26 bits per heavy atom. The second-order valence-corrected chi connectivity index (χ2v) is 4.99. The molecular weight excluding hydrogens is 332 g/mol. The monoisotopic (exact) mass is 340 g/mol. The van der Waals surface area contributed by atoms with Gasteiger partial charge < -0.3 is 4.42 Å². The maximum Gasteiger partial charge on any atom is 0.266 e. The normalized spacial score (nSPS) is 17.8. The molecular formula is C12H9BrN2O3S. The first-order chi connectivity index (χ1) is 9.02. The van der Waals surface area contributed by atoms with E-state index in [4.69, 9.17) is 16.6 Å². The first-order valence-corrected chi connectivity index (χ1v) is 6.47. The van der Waals surface area contributed by atoms with Crippen LogP contribution < -0.4 is 5.32 Å². The van der Waals surface area contributed by atoms with Crippen molar-refractivity contribution in [2.75, 3.05) is 6.54 Å². The minimum absolute atomic E-state index is 0.0303. The molecule has 0 aromatic carbocycles. The van der Waals surface area contributed by atoms with Crippen LogP contribution in [0.3, 0.4) is 0 Å². The van der Waals surface area contributed by atoms with Gasteiger partial charge in [0.15, 0.2) is 5.11 Å². The number of halogens is 1. The Balaban J connectivity index is 2.35. The molecule has 7 heteroatoms. The highest BCUT2D eigenvalue weighted by molar-refractivity contribution is 9.10. The third-order valence-corrected chi connectivity index (χ3v) is 3.11. The van der Waals surface area contributed by atoms with Crippen molar-refractivity contribution >= 4 is 51.2 Å². The maximum absolute atomic E-state index is 12.2. The summed E-state index contributed by atoms with van der Waals surface area (Å²) in [5.74, 6) is -0.610. The Labute approximate surface area is 123 Å². The Kier molecular flexibility index (Phi) is 3.96. The predicted octanol–water partition coefficient (Wildman–Crippen LogP) is 1.85. The summed E-state index contributed by atoms with van der Waals surface area (Å²) in [6.07, 6.45) is 4.37. The first kappa shape index (κ1) is 13.7. The molecule has 98 valence electrons. The van der Waals surface area contributed by atoms with Crippen LogP contribution in [0, 0.1) is 0 Å². The van der Waals surface area contributed by atoms with E-state index in [2.05, 4.69) is 27.8 Å². The van der Waals surface area contributed by atoms with Crippen molar-refractivity contribution in [2.45, 2.75) is 0 Å². The molecule has 2 heterocycles. The van der Waals surface area contributed by atoms with Crippen LogP contribution >= 0.6 is 28.1 Å². The Bertz CT molecular complexity index is 606. The van der Waals surface area contributed by atoms with Crippen LogP contribution in [0.25, 0.3) is 6.08 Å². The fourth-order valence-electron chi connectivity index (χ4n) is 1.54. The average molecular weight is 341 g/mol. The van der Waals surface area contributed by atoms with Crippen molar-refractivity contribution in [1.29, 1.82) is 0 Å². The number of amides is 2. The van der Waals surface area contributed by atoms with Crippen LogP contribution in [0.4, 0.5) is 0 Å². The van der Waals surface area contributed by atoms with Gasteiger partial charge in [0.05, 0.1) is 4.47 Å². The zero-order valence-corrected chi connectivity index (χ0v) is 12.1. The van der Waals surface area contributed by atoms with Crippen LogP contribution in [-0.4, -0.2) is 28.4 Å². The summed E-state index contributed by atoms with van der Waals surface area (Å²) in [5.41, 5.74) is -0.0303. The molecule has 1 aromatic rings. The van der Waals surface area contributed by atoms with Crippen molar-refractivity contribution in [3.05, 3.63) is 40.8 Å². The van der Waals surface area contributed by atoms with Crippen LogP contribution in [-0.2, 0) is 9.59 Å². The lowest BCUT2D eigenvalue weighted by Gasteiger charge is -2.27. The number of hydrogen-bond donors (Lipinski definition) is 1. The zero-order valence-electron chi connectivity index (χ0n) is 9.68. The second-order valence-electron chi connectivity index (χ2n) is 3.69. The summed E-state index contributed by atoms with van der Waals surface area (Å²) >= 11 is 8.16. The summed E-state index contributed by atoms with van der Waals surface area (Å²) in [4.78, 5) is 25.2. The molecule has 1 aliphatic rings. The Morgan fingerprint density at radius 1 is 1.53 bits per heavy atom. The van der Waals surface area contributed by atoms with Gasteiger partial charge in [0.25, 0.3) is 11.8 Å². The van der Waals surface area contributed by atoms with Gasteiger partial charge in [-0.25, -0.2) is 0 Å². The third kappa shape index (κ3) is 2.82. The summed E-state index contributed by atoms with van der Waals surface area (Å²) in [7, 11) is 0. The number of thiocarbonyl (C=S) groups is 1. The smallest absolute Gasteiger partial charge is 0.266 e. The molecule has 0 saturated carbocycles. The van der Waals surface area contributed by atoms with Crippen molar-refractivity contribution < 1.29 is 14.0 Å². The Hall–Kier alpha value is -1.73. The van der Waals surface area contributed by atoms with Crippen LogP contribution in [0.1, 0.15) is 5.76 Å². The largest absolute Gasteiger partial charge is 0.464 e. The number of rotatable bonds is 3. The van der Waals surface area contributed by atoms with E-state index < -0.39 is 11.8 Å². The lowest BCUT2D eigenvalue weighted by Crippen LogP contribution is -2.53. The predicted molar refractivity (Wildman–Crippen MR) is 77.0 cm³/mol. The number of hydrogen-bond acceptors (Lipinski definition) is 4. The van der Waals surface area contributed by atoms with E-state index in [1.807, 2.05) is 0 Å². The SMILES string of the molecule is C=CCN1C(=O)/C(=C/c2cc(Br)co2)C(=O)NC1=S. The van der Waals surface area contributed by atoms with Gasteiger partial charge in [0.1, 0.15) is 17.6 Å². The lowest BCUT2D eigenvalue weighted by molar-refractivity contribution is -0.128. The van der Waals surface area contributed by atoms with Gasteiger partial charge in [-0.15, -0.1) is 6.58 Å². The van der Waals surface area contributed by atoms with Crippen molar-refractivity contribution in [3.63, 3.8) is 0 Å². The summed E-state index contributed by atoms with van der Waals surface area (Å²) in [6, 6.07) is 1.65. The van der Waals surface area contributed by atoms with E-state index in [1.165, 1.54) is 23.3 Å². The second kappa shape index (κ2) is 5.50. The van der Waals surface area contributed by atoms with Gasteiger partial charge in [0.2, 0.25) is 0 Å². The Morgan fingerprint density at radius 3 is 2.84 bits per heavy atom. The van der Waals surface area contributed by atoms with E-state index in [0.717, 1.165) is 4.47 Å². The molecule has 1 aromatic heterocycles. The van der Waals surface area contributed by atoms with Crippen LogP contribution in [0.5, 0.6) is 0 Å². The fourth-order valence-corrected chi connectivity index (χ4v) is 2.10. The molecule has 1 aliphatic heterocycles. The molecule has 19 heavy (non-hydrogen) atoms. The molecule has 2 amide bonds. The molecule has 0 atom stereocenters. The molecule has 1 N–H and O–H groups in total. The van der Waals surface area contributed by atoms with E-state index in [1.54, 1.807) is 6.07 Å². The number of furan rings is 1. The summed E-state index contributed by atoms with van der Waals surface area (Å²) < 4.78 is 5.88. The van der Waals surface area contributed by atoms with Gasteiger partial charge in [0, 0.05) is 6.54 Å². The quantitative estimate of drug-likeness (QED) is 0.395. The average Bonchev–Trinajstić information content (AvgIpc) is 2.76. The van der Waals surface area contributed by atoms with E-state index in [9.17, 15) is 9.59 Å². The van der Waals surface area contributed by atoms with Gasteiger partial charge in [-0.1, -0.05) is 6.08 Å². The molecule has 1 fully saturated rings. The standard InChI is InChI=1S/C12H9BrN2O3S/c1-2-3-15-11(17)9(10(16)14-12(15)19)5-8-4-7(13)6-18-8/h2,4-6H,1,3H2,(H,14,16,19)/b9-5+. The first-order valence-electron chi connectivity index (χ1n) is 5.26. The van der Waals surface area contributed by atoms with Crippen LogP contribution in [0.2, 0.25) is 0 Å². The van der Waals surface area contributed by atoms with Gasteiger partial charge in [-0.05, 0) is 40.3 Å². The van der Waals surface area contributed by atoms with Crippen molar-refractivity contribution in [2.24, 2.45) is 0 Å². The highest BCUT2D eigenvalue weighted by Crippen LogP contribution is 2.19. The number of carbonyl (C=O) groups excluding carboxylic acids is 2. The van der Waals surface area contributed by atoms with Gasteiger partial charge in [-0.3, -0.25) is 19.8 Å². The molecule has 5 nitrogen and oxygen atoms in total. The molecule has 2 rings (SSSR count). The topological polar surface area (TPSA) is 62.6 Å². The molecule has 0 unspecified atom stereocenters. The summed E-state index contributed by atoms with van der Waals surface area (Å²) in [5, 5.41) is 2.53. The van der Waals surface area contributed by atoms with Crippen LogP contribution in [0.15, 0.2) is 39.4 Å². The van der Waals surface area contributed by atoms with E-state index >= 15 is 0 Å². The van der Waals surface area contributed by atoms with Gasteiger partial charge in [-0.2, -0.15) is 0 Å². The molecule has 1 saturated heterocycles. The minimum Gasteiger partial charge on any atom is -0.464 e. The zero-order chi connectivity index (χ0) is 14.0. The van der Waals surface area contributed by atoms with Crippen molar-refractivity contribution in [3.8, 4) is 0 Å². The maximum atomic E-state index is 12.2. The van der Waals surface area contributed by atoms with Crippen molar-refractivity contribution in [1.82, 2.24) is 10.2 Å². The lowest BCUT2D eigenvalue weighted by atomic mass is 10.1. The fraction of sp³-hybridized carbons (Fsp3) is 0.0833. The number of carbonyl (C=O) groups is 2. The molecule has 0 spiro atoms. The molecule has 0 bridgehead atoms. The highest BCUT2D eigenvalue weighted by atomic mass is 79.9. The molecule has 0 aliphatic carbocycles. The third-order valence-electron chi connectivity index (χ3n) is 2.37. The molecule has 0 radical (unpaired) electrons. The number of nitrogens with zero attached hydrogens (tertiary/aromatic N) is 1. The minimum atomic E-state index is -0.539. The van der Waals surface area contributed by atoms with E-state index in [-0.39, 0.29) is 17.2 Å². The highest BCUT2D eigenvalue weighted by Gasteiger charge is 2.32. The summed E-state index contributed by atoms with van der Waals surface area (Å²) in [6.45, 7) is 3.78. The van der Waals surface area contributed by atoms with E-state index in [0.29, 0.717) is 5.76 Å².